The number of carbonyl (C=O) groups is 2. The standard InChI is InChI=1S/C25H36FNO4/c1-14(2)13-27-21(30)25(31)15(3)10-19-18-7-6-16-11-17(28)8-9-22(16,4)24(18,26)20(29)12-23(19,25)5/h8-9,11,14-15,18-20,29,31H,6-7,10,12-13H2,1-5H3,(H,27,30)/t15-,18+,19+,20+,22+,23+,24+,25+/m1/s1. The number of amides is 1. The molecular formula is C25H36FNO4. The number of fused-ring (bicyclic) bond motifs is 5. The highest BCUT2D eigenvalue weighted by Gasteiger charge is 2.75. The number of ketones is 1. The molecule has 4 aliphatic rings. The van der Waals surface area contributed by atoms with Gasteiger partial charge in [0.25, 0.3) is 5.91 Å². The van der Waals surface area contributed by atoms with E-state index in [9.17, 15) is 19.8 Å². The minimum atomic E-state index is -1.95. The molecule has 8 atom stereocenters. The summed E-state index contributed by atoms with van der Waals surface area (Å²) in [6.45, 7) is 9.93. The van der Waals surface area contributed by atoms with Gasteiger partial charge in [0.1, 0.15) is 0 Å². The topological polar surface area (TPSA) is 86.6 Å². The highest BCUT2D eigenvalue weighted by atomic mass is 19.1. The average molecular weight is 434 g/mol. The van der Waals surface area contributed by atoms with Crippen molar-refractivity contribution in [1.29, 1.82) is 0 Å². The Balaban J connectivity index is 1.75. The van der Waals surface area contributed by atoms with Crippen molar-refractivity contribution < 1.29 is 24.2 Å². The number of rotatable bonds is 3. The first-order valence-electron chi connectivity index (χ1n) is 11.6. The van der Waals surface area contributed by atoms with Crippen LogP contribution >= 0.6 is 0 Å². The number of hydrogen-bond acceptors (Lipinski definition) is 4. The minimum Gasteiger partial charge on any atom is -0.390 e. The Morgan fingerprint density at radius 3 is 2.65 bits per heavy atom. The molecule has 0 heterocycles. The van der Waals surface area contributed by atoms with Crippen molar-refractivity contribution in [2.75, 3.05) is 6.54 Å². The molecular weight excluding hydrogens is 397 g/mol. The summed E-state index contributed by atoms with van der Waals surface area (Å²) in [5.41, 5.74) is -4.87. The summed E-state index contributed by atoms with van der Waals surface area (Å²) in [4.78, 5) is 25.1. The zero-order chi connectivity index (χ0) is 23.0. The molecule has 4 aliphatic carbocycles. The van der Waals surface area contributed by atoms with Gasteiger partial charge in [-0.25, -0.2) is 4.39 Å². The van der Waals surface area contributed by atoms with Crippen molar-refractivity contribution in [2.24, 2.45) is 34.5 Å². The van der Waals surface area contributed by atoms with Gasteiger partial charge in [-0.15, -0.1) is 0 Å². The van der Waals surface area contributed by atoms with Gasteiger partial charge in [-0.1, -0.05) is 39.3 Å². The highest BCUT2D eigenvalue weighted by Crippen LogP contribution is 2.70. The van der Waals surface area contributed by atoms with E-state index < -0.39 is 40.0 Å². The van der Waals surface area contributed by atoms with E-state index in [1.54, 1.807) is 13.0 Å². The van der Waals surface area contributed by atoms with Crippen molar-refractivity contribution in [3.05, 3.63) is 23.8 Å². The van der Waals surface area contributed by atoms with E-state index in [-0.39, 0.29) is 30.0 Å². The van der Waals surface area contributed by atoms with E-state index >= 15 is 4.39 Å². The number of halogens is 1. The van der Waals surface area contributed by atoms with Gasteiger partial charge in [0.2, 0.25) is 0 Å². The zero-order valence-corrected chi connectivity index (χ0v) is 19.2. The lowest BCUT2D eigenvalue weighted by Crippen LogP contribution is -2.70. The summed E-state index contributed by atoms with van der Waals surface area (Å²) in [5.74, 6) is -1.41. The Kier molecular flexibility index (Phi) is 5.10. The molecule has 4 rings (SSSR count). The van der Waals surface area contributed by atoms with Crippen molar-refractivity contribution in [3.63, 3.8) is 0 Å². The maximum Gasteiger partial charge on any atom is 0.252 e. The lowest BCUT2D eigenvalue weighted by Gasteiger charge is -2.62. The van der Waals surface area contributed by atoms with Gasteiger partial charge in [0, 0.05) is 23.3 Å². The fraction of sp³-hybridized carbons (Fsp3) is 0.760. The molecule has 172 valence electrons. The SMILES string of the molecule is CC(C)CNC(=O)[C@@]1(O)[C@H](C)C[C@H]2[C@@H]3CCC4=CC(=O)C=C[C@]4(C)[C@@]3(F)[C@@H](O)C[C@@]21C. The molecule has 0 unspecified atom stereocenters. The quantitative estimate of drug-likeness (QED) is 0.638. The predicted octanol–water partition coefficient (Wildman–Crippen LogP) is 3.11. The first-order chi connectivity index (χ1) is 14.3. The number of carbonyl (C=O) groups excluding carboxylic acids is 2. The van der Waals surface area contributed by atoms with E-state index in [1.165, 1.54) is 12.2 Å². The van der Waals surface area contributed by atoms with Gasteiger partial charge in [0.15, 0.2) is 17.1 Å². The van der Waals surface area contributed by atoms with Crippen LogP contribution in [0.25, 0.3) is 0 Å². The Hall–Kier alpha value is -1.53. The van der Waals surface area contributed by atoms with Crippen molar-refractivity contribution in [3.8, 4) is 0 Å². The van der Waals surface area contributed by atoms with Crippen LogP contribution in [0.1, 0.15) is 60.3 Å². The molecule has 0 aromatic rings. The van der Waals surface area contributed by atoms with Gasteiger partial charge in [-0.3, -0.25) is 9.59 Å². The lowest BCUT2D eigenvalue weighted by atomic mass is 9.44. The fourth-order valence-corrected chi connectivity index (χ4v) is 7.46. The van der Waals surface area contributed by atoms with Crippen LogP contribution in [0.3, 0.4) is 0 Å². The smallest absolute Gasteiger partial charge is 0.252 e. The zero-order valence-electron chi connectivity index (χ0n) is 19.2. The van der Waals surface area contributed by atoms with Crippen molar-refractivity contribution in [1.82, 2.24) is 5.32 Å². The molecule has 5 nitrogen and oxygen atoms in total. The number of allylic oxidation sites excluding steroid dienone is 4. The number of aliphatic hydroxyl groups is 2. The van der Waals surface area contributed by atoms with Crippen LogP contribution in [0.4, 0.5) is 4.39 Å². The van der Waals surface area contributed by atoms with Crippen LogP contribution in [-0.2, 0) is 9.59 Å². The predicted molar refractivity (Wildman–Crippen MR) is 116 cm³/mol. The van der Waals surface area contributed by atoms with E-state index in [0.29, 0.717) is 25.8 Å². The second-order valence-corrected chi connectivity index (χ2v) is 11.3. The van der Waals surface area contributed by atoms with Gasteiger partial charge < -0.3 is 15.5 Å². The minimum absolute atomic E-state index is 0.00522. The van der Waals surface area contributed by atoms with Crippen LogP contribution in [0.2, 0.25) is 0 Å². The summed E-state index contributed by atoms with van der Waals surface area (Å²) in [5, 5.41) is 26.0. The fourth-order valence-electron chi connectivity index (χ4n) is 7.46. The Bertz CT molecular complexity index is 868. The molecule has 0 aromatic carbocycles. The van der Waals surface area contributed by atoms with Crippen LogP contribution in [0.15, 0.2) is 23.8 Å². The van der Waals surface area contributed by atoms with Gasteiger partial charge in [-0.2, -0.15) is 0 Å². The number of alkyl halides is 1. The molecule has 0 aliphatic heterocycles. The molecule has 1 amide bonds. The van der Waals surface area contributed by atoms with Crippen molar-refractivity contribution >= 4 is 11.7 Å². The second kappa shape index (κ2) is 6.98. The highest BCUT2D eigenvalue weighted by molar-refractivity contribution is 6.01. The van der Waals surface area contributed by atoms with Gasteiger partial charge in [0.05, 0.1) is 6.10 Å². The van der Waals surface area contributed by atoms with E-state index in [0.717, 1.165) is 5.57 Å². The third-order valence-electron chi connectivity index (χ3n) is 9.24. The molecule has 0 saturated heterocycles. The normalized spacial score (nSPS) is 48.7. The maximum atomic E-state index is 17.1. The molecule has 0 bridgehead atoms. The Morgan fingerprint density at radius 1 is 1.32 bits per heavy atom. The van der Waals surface area contributed by atoms with Gasteiger partial charge in [-0.05, 0) is 62.5 Å². The van der Waals surface area contributed by atoms with Gasteiger partial charge >= 0.3 is 0 Å². The van der Waals surface area contributed by atoms with E-state index in [4.69, 9.17) is 0 Å². The lowest BCUT2D eigenvalue weighted by molar-refractivity contribution is -0.219. The molecule has 3 saturated carbocycles. The van der Waals surface area contributed by atoms with Crippen LogP contribution in [0.5, 0.6) is 0 Å². The summed E-state index contributed by atoms with van der Waals surface area (Å²) in [6.07, 6.45) is 4.81. The number of hydrogen-bond donors (Lipinski definition) is 3. The summed E-state index contributed by atoms with van der Waals surface area (Å²) >= 11 is 0. The maximum absolute atomic E-state index is 17.1. The number of aliphatic hydroxyl groups excluding tert-OH is 1. The van der Waals surface area contributed by atoms with E-state index in [1.807, 2.05) is 27.7 Å². The average Bonchev–Trinajstić information content (AvgIpc) is 2.89. The van der Waals surface area contributed by atoms with Crippen LogP contribution < -0.4 is 5.32 Å². The molecule has 3 fully saturated rings. The van der Waals surface area contributed by atoms with Crippen LogP contribution in [-0.4, -0.2) is 45.8 Å². The Morgan fingerprint density at radius 2 is 2.00 bits per heavy atom. The van der Waals surface area contributed by atoms with Crippen molar-refractivity contribution in [2.45, 2.75) is 77.7 Å². The summed E-state index contributed by atoms with van der Waals surface area (Å²) < 4.78 is 17.1. The monoisotopic (exact) mass is 433 g/mol. The molecule has 0 aromatic heterocycles. The molecule has 6 heteroatoms. The molecule has 0 spiro atoms. The van der Waals surface area contributed by atoms with E-state index in [2.05, 4.69) is 5.32 Å². The molecule has 0 radical (unpaired) electrons. The second-order valence-electron chi connectivity index (χ2n) is 11.3. The largest absolute Gasteiger partial charge is 0.390 e. The summed E-state index contributed by atoms with van der Waals surface area (Å²) in [6, 6.07) is 0. The first kappa shape index (κ1) is 22.7. The molecule has 31 heavy (non-hydrogen) atoms. The Labute approximate surface area is 184 Å². The van der Waals surface area contributed by atoms with Crippen LogP contribution in [0, 0.1) is 34.5 Å². The third-order valence-corrected chi connectivity index (χ3v) is 9.24. The number of nitrogens with one attached hydrogen (secondary N) is 1. The first-order valence-corrected chi connectivity index (χ1v) is 11.6. The third kappa shape index (κ3) is 2.73. The summed E-state index contributed by atoms with van der Waals surface area (Å²) in [7, 11) is 0. The molecule has 3 N–H and O–H groups in total.